The molecular weight excluding hydrogens is 316 g/mol. The summed E-state index contributed by atoms with van der Waals surface area (Å²) in [5, 5.41) is 0. The zero-order valence-corrected chi connectivity index (χ0v) is 18.5. The van der Waals surface area contributed by atoms with Gasteiger partial charge in [-0.3, -0.25) is 0 Å². The van der Waals surface area contributed by atoms with E-state index in [2.05, 4.69) is 61.6 Å². The number of allylic oxidation sites excluding steroid dienone is 8. The molecule has 146 valence electrons. The van der Waals surface area contributed by atoms with Crippen molar-refractivity contribution in [3.63, 3.8) is 0 Å². The first kappa shape index (κ1) is 26.2. The van der Waals surface area contributed by atoms with Crippen LogP contribution in [0.4, 0.5) is 0 Å². The van der Waals surface area contributed by atoms with Crippen molar-refractivity contribution in [2.75, 3.05) is 7.11 Å². The molecule has 0 aromatic heterocycles. The highest BCUT2D eigenvalue weighted by Gasteiger charge is 2.13. The van der Waals surface area contributed by atoms with Crippen LogP contribution in [0.25, 0.3) is 11.1 Å². The molecule has 0 saturated heterocycles. The van der Waals surface area contributed by atoms with E-state index in [1.165, 1.54) is 16.7 Å². The molecule has 0 heterocycles. The predicted molar refractivity (Wildman–Crippen MR) is 122 cm³/mol. The third-order valence-electron chi connectivity index (χ3n) is 3.49. The average Bonchev–Trinajstić information content (AvgIpc) is 2.76. The van der Waals surface area contributed by atoms with Gasteiger partial charge in [0.1, 0.15) is 5.75 Å². The van der Waals surface area contributed by atoms with E-state index in [-0.39, 0.29) is 0 Å². The van der Waals surface area contributed by atoms with Crippen LogP contribution < -0.4 is 4.74 Å². The van der Waals surface area contributed by atoms with Crippen LogP contribution >= 0.6 is 0 Å². The van der Waals surface area contributed by atoms with Gasteiger partial charge in [-0.1, -0.05) is 96.2 Å². The molecule has 0 N–H and O–H groups in total. The van der Waals surface area contributed by atoms with Crippen LogP contribution in [0, 0.1) is 0 Å². The van der Waals surface area contributed by atoms with Gasteiger partial charge in [0.2, 0.25) is 0 Å². The Labute approximate surface area is 163 Å². The van der Waals surface area contributed by atoms with E-state index >= 15 is 0 Å². The van der Waals surface area contributed by atoms with Crippen LogP contribution in [-0.4, -0.2) is 7.11 Å². The Bertz CT molecular complexity index is 564. The zero-order chi connectivity index (χ0) is 20.4. The number of hydrogen-bond donors (Lipinski definition) is 0. The van der Waals surface area contributed by atoms with Gasteiger partial charge in [0, 0.05) is 11.1 Å². The molecule has 0 spiro atoms. The molecule has 1 aliphatic carbocycles. The lowest BCUT2D eigenvalue weighted by Gasteiger charge is -2.16. The summed E-state index contributed by atoms with van der Waals surface area (Å²) in [6, 6.07) is 6.35. The summed E-state index contributed by atoms with van der Waals surface area (Å²) >= 11 is 0. The van der Waals surface area contributed by atoms with Crippen molar-refractivity contribution in [2.24, 2.45) is 0 Å². The molecule has 0 atom stereocenters. The zero-order valence-electron chi connectivity index (χ0n) is 18.5. The monoisotopic (exact) mass is 356 g/mol. The summed E-state index contributed by atoms with van der Waals surface area (Å²) in [7, 11) is 1.75. The number of ether oxygens (including phenoxy) is 1. The molecule has 2 rings (SSSR count). The van der Waals surface area contributed by atoms with E-state index in [1.54, 1.807) is 7.11 Å². The second-order valence-corrected chi connectivity index (χ2v) is 4.77. The Morgan fingerprint density at radius 1 is 0.962 bits per heavy atom. The van der Waals surface area contributed by atoms with Gasteiger partial charge in [0.25, 0.3) is 0 Å². The largest absolute Gasteiger partial charge is 0.495 e. The SMILES string of the molecule is C/C=C\C(=C/C)c1cccc(C2=CCCC=C2)c1OC.CC.CC.CC. The standard InChI is InChI=1S/C19H22O.3C2H6/c1-4-10-15(5-2)17-13-9-14-18(19(17)20-3)16-11-7-6-8-12-16;3*1-2/h4-5,7,9-14H,6,8H2,1-3H3;3*1-2H3/b10-4-,15-5+;;;. The minimum atomic E-state index is 0.955. The highest BCUT2D eigenvalue weighted by atomic mass is 16.5. The second kappa shape index (κ2) is 17.8. The van der Waals surface area contributed by atoms with Gasteiger partial charge < -0.3 is 4.74 Å². The molecule has 1 aromatic carbocycles. The van der Waals surface area contributed by atoms with Crippen molar-refractivity contribution in [3.8, 4) is 5.75 Å². The molecule has 0 radical (unpaired) electrons. The fraction of sp³-hybridized carbons (Fsp3) is 0.440. The van der Waals surface area contributed by atoms with Gasteiger partial charge in [-0.15, -0.1) is 0 Å². The van der Waals surface area contributed by atoms with E-state index in [9.17, 15) is 0 Å². The number of methoxy groups -OCH3 is 1. The molecule has 1 aromatic rings. The Hall–Kier alpha value is -2.02. The van der Waals surface area contributed by atoms with Crippen LogP contribution in [0.3, 0.4) is 0 Å². The maximum atomic E-state index is 5.71. The Balaban J connectivity index is 0. The molecule has 0 aliphatic heterocycles. The van der Waals surface area contributed by atoms with Crippen molar-refractivity contribution >= 4 is 11.1 Å². The van der Waals surface area contributed by atoms with Crippen LogP contribution in [0.5, 0.6) is 5.75 Å². The van der Waals surface area contributed by atoms with Crippen molar-refractivity contribution in [2.45, 2.75) is 68.2 Å². The first-order chi connectivity index (χ1) is 12.8. The van der Waals surface area contributed by atoms with Gasteiger partial charge in [0.15, 0.2) is 0 Å². The number of hydrogen-bond acceptors (Lipinski definition) is 1. The lowest BCUT2D eigenvalue weighted by Crippen LogP contribution is -1.97. The average molecular weight is 357 g/mol. The molecule has 0 saturated carbocycles. The summed E-state index contributed by atoms with van der Waals surface area (Å²) < 4.78 is 5.71. The molecule has 0 unspecified atom stereocenters. The summed E-state index contributed by atoms with van der Waals surface area (Å²) in [6.07, 6.45) is 15.2. The van der Waals surface area contributed by atoms with Gasteiger partial charge >= 0.3 is 0 Å². The summed E-state index contributed by atoms with van der Waals surface area (Å²) in [5.74, 6) is 0.955. The predicted octanol–water partition coefficient (Wildman–Crippen LogP) is 8.49. The molecule has 0 amide bonds. The molecule has 26 heavy (non-hydrogen) atoms. The molecule has 1 heteroatoms. The van der Waals surface area contributed by atoms with E-state index in [1.807, 2.05) is 48.5 Å². The van der Waals surface area contributed by atoms with Crippen LogP contribution in [0.2, 0.25) is 0 Å². The van der Waals surface area contributed by atoms with Crippen LogP contribution in [0.1, 0.15) is 79.4 Å². The Morgan fingerprint density at radius 3 is 2.08 bits per heavy atom. The first-order valence-electron chi connectivity index (χ1n) is 10.1. The number of benzene rings is 1. The van der Waals surface area contributed by atoms with Crippen LogP contribution in [-0.2, 0) is 0 Å². The molecular formula is C25H40O. The molecule has 0 fully saturated rings. The number of rotatable bonds is 4. The normalized spacial score (nSPS) is 12.7. The summed E-state index contributed by atoms with van der Waals surface area (Å²) in [4.78, 5) is 0. The fourth-order valence-electron chi connectivity index (χ4n) is 2.55. The maximum absolute atomic E-state index is 5.71. The highest BCUT2D eigenvalue weighted by molar-refractivity contribution is 5.85. The molecule has 0 bridgehead atoms. The van der Waals surface area contributed by atoms with E-state index in [0.29, 0.717) is 0 Å². The molecule has 1 nitrogen and oxygen atoms in total. The fourth-order valence-corrected chi connectivity index (χ4v) is 2.55. The minimum Gasteiger partial charge on any atom is -0.495 e. The van der Waals surface area contributed by atoms with Crippen molar-refractivity contribution in [3.05, 3.63) is 65.8 Å². The lowest BCUT2D eigenvalue weighted by atomic mass is 9.94. The van der Waals surface area contributed by atoms with Gasteiger partial charge in [-0.05, 0) is 37.8 Å². The Kier molecular flexibility index (Phi) is 17.9. The van der Waals surface area contributed by atoms with Crippen molar-refractivity contribution < 1.29 is 4.74 Å². The third-order valence-corrected chi connectivity index (χ3v) is 3.49. The van der Waals surface area contributed by atoms with Crippen molar-refractivity contribution in [1.29, 1.82) is 0 Å². The number of para-hydroxylation sites is 1. The topological polar surface area (TPSA) is 9.23 Å². The second-order valence-electron chi connectivity index (χ2n) is 4.77. The van der Waals surface area contributed by atoms with E-state index < -0.39 is 0 Å². The van der Waals surface area contributed by atoms with Gasteiger partial charge in [0.05, 0.1) is 7.11 Å². The van der Waals surface area contributed by atoms with Crippen molar-refractivity contribution in [1.82, 2.24) is 0 Å². The van der Waals surface area contributed by atoms with Crippen LogP contribution in [0.15, 0.2) is 54.7 Å². The lowest BCUT2D eigenvalue weighted by molar-refractivity contribution is 0.412. The third kappa shape index (κ3) is 7.91. The van der Waals surface area contributed by atoms with Gasteiger partial charge in [-0.25, -0.2) is 0 Å². The highest BCUT2D eigenvalue weighted by Crippen LogP contribution is 2.36. The van der Waals surface area contributed by atoms with E-state index in [0.717, 1.165) is 24.2 Å². The summed E-state index contributed by atoms with van der Waals surface area (Å²) in [5.41, 5.74) is 4.76. The Morgan fingerprint density at radius 2 is 1.62 bits per heavy atom. The quantitative estimate of drug-likeness (QED) is 0.491. The maximum Gasteiger partial charge on any atom is 0.134 e. The van der Waals surface area contributed by atoms with Gasteiger partial charge in [-0.2, -0.15) is 0 Å². The molecule has 1 aliphatic rings. The minimum absolute atomic E-state index is 0.955. The first-order valence-corrected chi connectivity index (χ1v) is 10.1. The van der Waals surface area contributed by atoms with E-state index in [4.69, 9.17) is 4.74 Å². The smallest absolute Gasteiger partial charge is 0.134 e. The summed E-state index contributed by atoms with van der Waals surface area (Å²) in [6.45, 7) is 16.1.